The zero-order chi connectivity index (χ0) is 13.2. The summed E-state index contributed by atoms with van der Waals surface area (Å²) in [6.07, 6.45) is 2.74. The quantitative estimate of drug-likeness (QED) is 0.694. The molecule has 19 heavy (non-hydrogen) atoms. The number of hydrogen-bond donors (Lipinski definition) is 1. The van der Waals surface area contributed by atoms with Gasteiger partial charge >= 0.3 is 0 Å². The van der Waals surface area contributed by atoms with Crippen LogP contribution in [0.1, 0.15) is 17.2 Å². The van der Waals surface area contributed by atoms with E-state index in [0.29, 0.717) is 0 Å². The molecule has 4 heteroatoms. The van der Waals surface area contributed by atoms with E-state index in [-0.39, 0.29) is 6.04 Å². The average Bonchev–Trinajstić information content (AvgIpc) is 2.88. The van der Waals surface area contributed by atoms with Crippen molar-refractivity contribution in [2.24, 2.45) is 5.73 Å². The maximum Gasteiger partial charge on any atom is 0.0809 e. The molecule has 2 heterocycles. The summed E-state index contributed by atoms with van der Waals surface area (Å²) in [5.74, 6) is 0. The van der Waals surface area contributed by atoms with Gasteiger partial charge in [-0.1, -0.05) is 12.1 Å². The molecule has 0 spiro atoms. The number of rotatable bonds is 3. The van der Waals surface area contributed by atoms with Crippen molar-refractivity contribution in [3.8, 4) is 0 Å². The summed E-state index contributed by atoms with van der Waals surface area (Å²) in [6.45, 7) is 0. The van der Waals surface area contributed by atoms with Gasteiger partial charge in [-0.2, -0.15) is 0 Å². The Kier molecular flexibility index (Phi) is 3.81. The van der Waals surface area contributed by atoms with E-state index in [1.54, 1.807) is 11.3 Å². The number of nitrogens with zero attached hydrogens (tertiary/aromatic N) is 1. The van der Waals surface area contributed by atoms with Gasteiger partial charge in [-0.15, -0.1) is 11.3 Å². The fourth-order valence-electron chi connectivity index (χ4n) is 2.06. The summed E-state index contributed by atoms with van der Waals surface area (Å²) >= 11 is 4.02. The van der Waals surface area contributed by atoms with Crippen LogP contribution < -0.4 is 5.73 Å². The van der Waals surface area contributed by atoms with Crippen LogP contribution in [-0.2, 0) is 6.42 Å². The van der Waals surface area contributed by atoms with Gasteiger partial charge in [0.05, 0.1) is 10.2 Å². The van der Waals surface area contributed by atoms with Crippen LogP contribution in [0.3, 0.4) is 0 Å². The summed E-state index contributed by atoms with van der Waals surface area (Å²) in [5.41, 5.74) is 9.71. The van der Waals surface area contributed by atoms with Crippen LogP contribution in [0.4, 0.5) is 0 Å². The Labute approximate surface area is 129 Å². The first-order chi connectivity index (χ1) is 9.22. The molecule has 0 saturated carbocycles. The predicted octanol–water partition coefficient (Wildman–Crippen LogP) is 4.14. The fourth-order valence-corrected chi connectivity index (χ4v) is 3.21. The lowest BCUT2D eigenvalue weighted by Gasteiger charge is -2.12. The third kappa shape index (κ3) is 2.96. The lowest BCUT2D eigenvalue weighted by molar-refractivity contribution is 0.720. The lowest BCUT2D eigenvalue weighted by atomic mass is 10.0. The second-order valence-electron chi connectivity index (χ2n) is 4.51. The molecular weight excluding hydrogens is 367 g/mol. The first kappa shape index (κ1) is 13.0. The Balaban J connectivity index is 1.82. The summed E-state index contributed by atoms with van der Waals surface area (Å²) in [4.78, 5) is 4.45. The molecule has 3 aromatic rings. The zero-order valence-electron chi connectivity index (χ0n) is 10.2. The third-order valence-electron chi connectivity index (χ3n) is 3.12. The molecule has 1 atom stereocenters. The van der Waals surface area contributed by atoms with Crippen molar-refractivity contribution in [3.05, 3.63) is 62.7 Å². The maximum absolute atomic E-state index is 6.29. The molecule has 0 amide bonds. The van der Waals surface area contributed by atoms with Crippen LogP contribution in [0.25, 0.3) is 10.2 Å². The number of aromatic nitrogens is 1. The van der Waals surface area contributed by atoms with Crippen molar-refractivity contribution in [2.75, 3.05) is 0 Å². The van der Waals surface area contributed by atoms with Crippen LogP contribution in [0.5, 0.6) is 0 Å². The molecule has 0 bridgehead atoms. The van der Waals surface area contributed by atoms with Crippen LogP contribution >= 0.6 is 33.9 Å². The average molecular weight is 380 g/mol. The van der Waals surface area contributed by atoms with Crippen LogP contribution in [0, 0.1) is 3.57 Å². The number of benzene rings is 1. The van der Waals surface area contributed by atoms with E-state index in [2.05, 4.69) is 63.3 Å². The zero-order valence-corrected chi connectivity index (χ0v) is 13.2. The molecule has 0 aliphatic carbocycles. The number of thiophene rings is 1. The molecule has 0 fully saturated rings. The van der Waals surface area contributed by atoms with Gasteiger partial charge in [-0.05, 0) is 69.8 Å². The van der Waals surface area contributed by atoms with Gasteiger partial charge in [-0.25, -0.2) is 0 Å². The van der Waals surface area contributed by atoms with Gasteiger partial charge in [0.2, 0.25) is 0 Å². The van der Waals surface area contributed by atoms with E-state index >= 15 is 0 Å². The summed E-state index contributed by atoms with van der Waals surface area (Å²) in [7, 11) is 0. The van der Waals surface area contributed by atoms with Crippen molar-refractivity contribution in [3.63, 3.8) is 0 Å². The highest BCUT2D eigenvalue weighted by molar-refractivity contribution is 14.1. The van der Waals surface area contributed by atoms with E-state index in [0.717, 1.165) is 17.5 Å². The highest BCUT2D eigenvalue weighted by Crippen LogP contribution is 2.23. The summed E-state index contributed by atoms with van der Waals surface area (Å²) < 4.78 is 2.45. The van der Waals surface area contributed by atoms with Gasteiger partial charge < -0.3 is 5.73 Å². The molecule has 96 valence electrons. The summed E-state index contributed by atoms with van der Waals surface area (Å²) in [6, 6.07) is 12.7. The van der Waals surface area contributed by atoms with Crippen LogP contribution in [-0.4, -0.2) is 4.98 Å². The SMILES string of the molecule is NC(Cc1ccc(I)cc1)c1cnc2ccsc2c1. The Morgan fingerprint density at radius 2 is 2.00 bits per heavy atom. The van der Waals surface area contributed by atoms with Gasteiger partial charge in [-0.3, -0.25) is 4.98 Å². The molecule has 1 aromatic carbocycles. The van der Waals surface area contributed by atoms with E-state index in [9.17, 15) is 0 Å². The van der Waals surface area contributed by atoms with Crippen LogP contribution in [0.2, 0.25) is 0 Å². The Morgan fingerprint density at radius 3 is 2.79 bits per heavy atom. The van der Waals surface area contributed by atoms with Crippen molar-refractivity contribution < 1.29 is 0 Å². The van der Waals surface area contributed by atoms with Crippen molar-refractivity contribution >= 4 is 44.1 Å². The monoisotopic (exact) mass is 380 g/mol. The molecule has 0 aliphatic heterocycles. The van der Waals surface area contributed by atoms with Gasteiger partial charge in [0.1, 0.15) is 0 Å². The largest absolute Gasteiger partial charge is 0.324 e. The topological polar surface area (TPSA) is 38.9 Å². The molecule has 0 aliphatic rings. The smallest absolute Gasteiger partial charge is 0.0809 e. The van der Waals surface area contributed by atoms with Gasteiger partial charge in [0.25, 0.3) is 0 Å². The second-order valence-corrected chi connectivity index (χ2v) is 6.70. The Hall–Kier alpha value is -0.980. The lowest BCUT2D eigenvalue weighted by Crippen LogP contribution is -2.13. The molecule has 3 rings (SSSR count). The minimum Gasteiger partial charge on any atom is -0.324 e. The van der Waals surface area contributed by atoms with Crippen molar-refractivity contribution in [1.29, 1.82) is 0 Å². The molecule has 2 nitrogen and oxygen atoms in total. The van der Waals surface area contributed by atoms with Crippen LogP contribution in [0.15, 0.2) is 48.0 Å². The fraction of sp³-hybridized carbons (Fsp3) is 0.133. The first-order valence-corrected chi connectivity index (χ1v) is 8.01. The van der Waals surface area contributed by atoms with Gasteiger partial charge in [0, 0.05) is 15.8 Å². The molecular formula is C15H13IN2S. The Morgan fingerprint density at radius 1 is 1.21 bits per heavy atom. The standard InChI is InChI=1S/C15H13IN2S/c16-12-3-1-10(2-4-12)7-13(17)11-8-15-14(18-9-11)5-6-19-15/h1-6,8-9,13H,7,17H2. The van der Waals surface area contributed by atoms with E-state index in [1.807, 2.05) is 12.3 Å². The first-order valence-electron chi connectivity index (χ1n) is 6.05. The molecule has 1 unspecified atom stereocenters. The molecule has 2 N–H and O–H groups in total. The third-order valence-corrected chi connectivity index (χ3v) is 4.69. The van der Waals surface area contributed by atoms with Crippen molar-refractivity contribution in [1.82, 2.24) is 4.98 Å². The second kappa shape index (κ2) is 5.56. The van der Waals surface area contributed by atoms with E-state index in [1.165, 1.54) is 13.8 Å². The molecule has 0 saturated heterocycles. The van der Waals surface area contributed by atoms with Crippen molar-refractivity contribution in [2.45, 2.75) is 12.5 Å². The maximum atomic E-state index is 6.29. The Bertz CT molecular complexity index is 691. The number of hydrogen-bond acceptors (Lipinski definition) is 3. The number of fused-ring (bicyclic) bond motifs is 1. The number of nitrogens with two attached hydrogens (primary N) is 1. The normalized spacial score (nSPS) is 12.7. The highest BCUT2D eigenvalue weighted by atomic mass is 127. The summed E-state index contributed by atoms with van der Waals surface area (Å²) in [5, 5.41) is 2.06. The van der Waals surface area contributed by atoms with E-state index in [4.69, 9.17) is 5.73 Å². The predicted molar refractivity (Wildman–Crippen MR) is 89.4 cm³/mol. The minimum atomic E-state index is -0.000869. The molecule has 2 aromatic heterocycles. The van der Waals surface area contributed by atoms with Gasteiger partial charge in [0.15, 0.2) is 0 Å². The number of halogens is 1. The number of pyridine rings is 1. The molecule has 0 radical (unpaired) electrons. The minimum absolute atomic E-state index is 0.000869. The highest BCUT2D eigenvalue weighted by Gasteiger charge is 2.09. The van der Waals surface area contributed by atoms with E-state index < -0.39 is 0 Å².